The van der Waals surface area contributed by atoms with Crippen molar-refractivity contribution >= 4 is 35.3 Å². The summed E-state index contributed by atoms with van der Waals surface area (Å²) in [4.78, 5) is 22.1. The molecule has 2 aliphatic rings. The second kappa shape index (κ2) is 2.23. The zero-order valence-electron chi connectivity index (χ0n) is 7.13. The summed E-state index contributed by atoms with van der Waals surface area (Å²) in [6, 6.07) is 3.59. The predicted octanol–water partition coefficient (Wildman–Crippen LogP) is -0.848. The Balaban J connectivity index is 2.33. The maximum absolute atomic E-state index is 11.0. The molecule has 0 atom stereocenters. The second-order valence-electron chi connectivity index (χ2n) is 3.29. The van der Waals surface area contributed by atoms with Crippen LogP contribution in [0.25, 0.3) is 12.2 Å². The van der Waals surface area contributed by atoms with E-state index >= 15 is 0 Å². The van der Waals surface area contributed by atoms with Gasteiger partial charge in [0.25, 0.3) is 0 Å². The van der Waals surface area contributed by atoms with Gasteiger partial charge in [-0.15, -0.1) is 0 Å². The van der Waals surface area contributed by atoms with E-state index in [4.69, 9.17) is 0 Å². The first-order valence-electron chi connectivity index (χ1n) is 4.22. The minimum atomic E-state index is -0.116. The van der Waals surface area contributed by atoms with Crippen LogP contribution in [-0.2, 0) is 9.59 Å². The van der Waals surface area contributed by atoms with Gasteiger partial charge in [-0.25, -0.2) is 0 Å². The van der Waals surface area contributed by atoms with Gasteiger partial charge in [-0.05, 0) is 12.1 Å². The van der Waals surface area contributed by atoms with E-state index in [1.807, 2.05) is 0 Å². The summed E-state index contributed by atoms with van der Waals surface area (Å²) in [7, 11) is 0. The van der Waals surface area contributed by atoms with Crippen molar-refractivity contribution in [2.24, 2.45) is 0 Å². The molecule has 0 aromatic heterocycles. The van der Waals surface area contributed by atoms with Crippen molar-refractivity contribution in [3.63, 3.8) is 0 Å². The summed E-state index contributed by atoms with van der Waals surface area (Å²) >= 11 is 0. The number of fused-ring (bicyclic) bond motifs is 2. The molecule has 3 rings (SSSR count). The molecule has 68 valence electrons. The fraction of sp³-hybridized carbons (Fsp3) is 0. The van der Waals surface area contributed by atoms with E-state index in [0.717, 1.165) is 21.8 Å². The Kier molecular flexibility index (Phi) is 1.16. The molecule has 0 unspecified atom stereocenters. The van der Waals surface area contributed by atoms with Crippen LogP contribution in [0.1, 0.15) is 0 Å². The SMILES string of the molecule is O=C1C=c2cc3c(cc2N1)=CC(=O)N3. The molecule has 0 radical (unpaired) electrons. The van der Waals surface area contributed by atoms with Crippen LogP contribution >= 0.6 is 0 Å². The Bertz CT molecular complexity index is 533. The number of hydrogen-bond donors (Lipinski definition) is 2. The normalized spacial score (nSPS) is 16.3. The number of hydrogen-bond acceptors (Lipinski definition) is 2. The number of nitrogens with one attached hydrogen (secondary N) is 2. The third kappa shape index (κ3) is 0.877. The van der Waals surface area contributed by atoms with Gasteiger partial charge in [0.2, 0.25) is 11.8 Å². The lowest BCUT2D eigenvalue weighted by Gasteiger charge is -1.98. The molecule has 0 aliphatic carbocycles. The monoisotopic (exact) mass is 186 g/mol. The first kappa shape index (κ1) is 7.32. The first-order chi connectivity index (χ1) is 6.72. The summed E-state index contributed by atoms with van der Waals surface area (Å²) in [5.74, 6) is -0.231. The summed E-state index contributed by atoms with van der Waals surface area (Å²) in [5.41, 5.74) is 1.53. The van der Waals surface area contributed by atoms with E-state index in [2.05, 4.69) is 10.6 Å². The molecular weight excluding hydrogens is 180 g/mol. The zero-order chi connectivity index (χ0) is 9.71. The quantitative estimate of drug-likeness (QED) is 0.554. The molecule has 0 bridgehead atoms. The van der Waals surface area contributed by atoms with Crippen LogP contribution in [0.4, 0.5) is 11.4 Å². The zero-order valence-corrected chi connectivity index (χ0v) is 7.13. The average Bonchev–Trinajstić information content (AvgIpc) is 2.59. The Morgan fingerprint density at radius 2 is 1.21 bits per heavy atom. The molecule has 2 heterocycles. The summed E-state index contributed by atoms with van der Waals surface area (Å²) < 4.78 is 0. The minimum Gasteiger partial charge on any atom is -0.322 e. The lowest BCUT2D eigenvalue weighted by atomic mass is 10.2. The van der Waals surface area contributed by atoms with Crippen molar-refractivity contribution in [1.82, 2.24) is 0 Å². The van der Waals surface area contributed by atoms with Crippen LogP contribution in [0.15, 0.2) is 12.1 Å². The van der Waals surface area contributed by atoms with Crippen molar-refractivity contribution < 1.29 is 9.59 Å². The topological polar surface area (TPSA) is 58.2 Å². The summed E-state index contributed by atoms with van der Waals surface area (Å²) in [6.07, 6.45) is 3.03. The van der Waals surface area contributed by atoms with Crippen molar-refractivity contribution in [2.75, 3.05) is 10.6 Å². The highest BCUT2D eigenvalue weighted by Gasteiger charge is 2.14. The van der Waals surface area contributed by atoms with E-state index < -0.39 is 0 Å². The lowest BCUT2D eigenvalue weighted by molar-refractivity contribution is -0.111. The molecule has 2 N–H and O–H groups in total. The molecular formula is C10H6N2O2. The van der Waals surface area contributed by atoms with E-state index in [0.29, 0.717) is 0 Å². The fourth-order valence-electron chi connectivity index (χ4n) is 1.71. The third-order valence-electron chi connectivity index (χ3n) is 2.31. The maximum atomic E-state index is 11.0. The lowest BCUT2D eigenvalue weighted by Crippen LogP contribution is -2.11. The fourth-order valence-corrected chi connectivity index (χ4v) is 1.71. The molecule has 0 saturated carbocycles. The highest BCUT2D eigenvalue weighted by Crippen LogP contribution is 2.09. The van der Waals surface area contributed by atoms with Gasteiger partial charge in [0.1, 0.15) is 0 Å². The third-order valence-corrected chi connectivity index (χ3v) is 2.31. The number of amides is 2. The Morgan fingerprint density at radius 3 is 1.64 bits per heavy atom. The van der Waals surface area contributed by atoms with Crippen molar-refractivity contribution in [2.45, 2.75) is 0 Å². The molecule has 1 aromatic rings. The smallest absolute Gasteiger partial charge is 0.249 e. The highest BCUT2D eigenvalue weighted by atomic mass is 16.2. The Hall–Kier alpha value is -2.10. The molecule has 14 heavy (non-hydrogen) atoms. The van der Waals surface area contributed by atoms with Crippen molar-refractivity contribution in [3.05, 3.63) is 22.6 Å². The molecule has 4 heteroatoms. The van der Waals surface area contributed by atoms with Crippen LogP contribution in [0, 0.1) is 0 Å². The summed E-state index contributed by atoms with van der Waals surface area (Å²) in [5, 5.41) is 7.02. The van der Waals surface area contributed by atoms with Gasteiger partial charge in [-0.3, -0.25) is 9.59 Å². The molecule has 4 nitrogen and oxygen atoms in total. The molecule has 0 spiro atoms. The van der Waals surface area contributed by atoms with Gasteiger partial charge in [0, 0.05) is 34.0 Å². The number of benzene rings is 1. The van der Waals surface area contributed by atoms with E-state index in [9.17, 15) is 9.59 Å². The van der Waals surface area contributed by atoms with Gasteiger partial charge in [0.15, 0.2) is 0 Å². The van der Waals surface area contributed by atoms with Crippen LogP contribution in [0.2, 0.25) is 0 Å². The number of carbonyl (C=O) groups is 2. The van der Waals surface area contributed by atoms with E-state index in [1.165, 1.54) is 12.2 Å². The average molecular weight is 186 g/mol. The van der Waals surface area contributed by atoms with Crippen LogP contribution < -0.4 is 21.1 Å². The number of rotatable bonds is 0. The van der Waals surface area contributed by atoms with Crippen molar-refractivity contribution in [1.29, 1.82) is 0 Å². The Labute approximate surface area is 78.9 Å². The van der Waals surface area contributed by atoms with Gasteiger partial charge in [-0.1, -0.05) is 0 Å². The molecule has 0 fully saturated rings. The van der Waals surface area contributed by atoms with E-state index in [-0.39, 0.29) is 11.8 Å². The van der Waals surface area contributed by atoms with Crippen molar-refractivity contribution in [3.8, 4) is 0 Å². The summed E-state index contributed by atoms with van der Waals surface area (Å²) in [6.45, 7) is 0. The van der Waals surface area contributed by atoms with Gasteiger partial charge >= 0.3 is 0 Å². The van der Waals surface area contributed by atoms with E-state index in [1.54, 1.807) is 12.1 Å². The molecule has 1 aromatic carbocycles. The number of carbonyl (C=O) groups excluding carboxylic acids is 2. The molecule has 0 saturated heterocycles. The predicted molar refractivity (Wildman–Crippen MR) is 51.9 cm³/mol. The van der Waals surface area contributed by atoms with Gasteiger partial charge in [-0.2, -0.15) is 0 Å². The maximum Gasteiger partial charge on any atom is 0.249 e. The highest BCUT2D eigenvalue weighted by molar-refractivity contribution is 6.19. The van der Waals surface area contributed by atoms with Gasteiger partial charge < -0.3 is 10.6 Å². The largest absolute Gasteiger partial charge is 0.322 e. The molecule has 2 amide bonds. The molecule has 2 aliphatic heterocycles. The van der Waals surface area contributed by atoms with Gasteiger partial charge in [0.05, 0.1) is 0 Å². The number of anilines is 2. The Morgan fingerprint density at radius 1 is 0.786 bits per heavy atom. The standard InChI is InChI=1S/C10H6N2O2/c13-9-3-5-1-7-6(2-8(5)12-9)4-10(14)11-7/h1-4H,(H,11,14)(H,12,13). The van der Waals surface area contributed by atoms with Crippen LogP contribution in [0.5, 0.6) is 0 Å². The van der Waals surface area contributed by atoms with Crippen LogP contribution in [0.3, 0.4) is 0 Å². The minimum absolute atomic E-state index is 0.116. The second-order valence-corrected chi connectivity index (χ2v) is 3.29. The first-order valence-corrected chi connectivity index (χ1v) is 4.22. The van der Waals surface area contributed by atoms with Crippen LogP contribution in [-0.4, -0.2) is 11.8 Å².